The molecule has 3 heterocycles. The molecule has 3 N–H and O–H groups in total. The second-order valence-corrected chi connectivity index (χ2v) is 8.42. The number of aromatic nitrogens is 2. The second kappa shape index (κ2) is 7.81. The van der Waals surface area contributed by atoms with Gasteiger partial charge in [-0.05, 0) is 18.2 Å². The number of fused-ring (bicyclic) bond motifs is 1. The van der Waals surface area contributed by atoms with Crippen LogP contribution in [-0.4, -0.2) is 44.4 Å². The van der Waals surface area contributed by atoms with E-state index in [9.17, 15) is 28.4 Å². The van der Waals surface area contributed by atoms with Crippen LogP contribution in [0.5, 0.6) is 5.75 Å². The van der Waals surface area contributed by atoms with Crippen molar-refractivity contribution in [3.8, 4) is 5.75 Å². The van der Waals surface area contributed by atoms with E-state index >= 15 is 4.39 Å². The molecule has 15 heteroatoms. The number of alkyl halides is 1. The van der Waals surface area contributed by atoms with Gasteiger partial charge in [-0.2, -0.15) is 0 Å². The molecule has 31 heavy (non-hydrogen) atoms. The first-order valence-electron chi connectivity index (χ1n) is 9.43. The Bertz CT molecular complexity index is 1280. The molecular formula is C16H14F3N2O8PS. The lowest BCUT2D eigenvalue weighted by Gasteiger charge is -2.28. The van der Waals surface area contributed by atoms with Gasteiger partial charge >= 0.3 is 13.5 Å². The Kier molecular flexibility index (Phi) is 4.94. The van der Waals surface area contributed by atoms with Gasteiger partial charge in [-0.1, -0.05) is 12.2 Å². The number of hydrogen-bond donors (Lipinski definition) is 3. The van der Waals surface area contributed by atoms with Gasteiger partial charge in [0.1, 0.15) is 35.0 Å². The van der Waals surface area contributed by atoms with Crippen molar-refractivity contribution in [1.29, 1.82) is 0 Å². The lowest BCUT2D eigenvalue weighted by molar-refractivity contribution is -0.205. The quantitative estimate of drug-likeness (QED) is 0.439. The Morgan fingerprint density at radius 3 is 2.94 bits per heavy atom. The number of phosphoric acid groups is 1. The summed E-state index contributed by atoms with van der Waals surface area (Å²) in [5.74, 6) is -5.96. The highest BCUT2D eigenvalue weighted by Crippen LogP contribution is 2.55. The molecule has 2 aliphatic heterocycles. The number of phosphoric ester groups is 1. The standard InChI is InChI=1S/C16H14F3N2O8PS/c17-8-1-2-10-7(3-8)5-26-30(25,29-10)27-6-16(19)12(23)11(22)14(28-16)21-4-9(18)13(31)20-15(21)24/h1-4,11-12,14,22-23H,5-6H2,(H,20,24,31)/t11-,12+,14-,16-,30?/m1/s1/i6D2. The van der Waals surface area contributed by atoms with Crippen molar-refractivity contribution in [2.75, 3.05) is 6.56 Å². The van der Waals surface area contributed by atoms with Crippen LogP contribution in [0.3, 0.4) is 0 Å². The van der Waals surface area contributed by atoms with Crippen LogP contribution in [0.1, 0.15) is 14.5 Å². The number of ether oxygens (including phenoxy) is 1. The SMILES string of the molecule is [2H]C([2H])(OP1(=O)OCc2cc(F)ccc2O1)[C@@]1(F)O[C@@H](n2cc(F)c(=S)[nH]c2=O)[C@H](O)[C@@H]1O. The molecule has 2 aliphatic rings. The molecule has 1 saturated heterocycles. The van der Waals surface area contributed by atoms with E-state index in [0.29, 0.717) is 10.8 Å². The highest BCUT2D eigenvalue weighted by atomic mass is 32.1. The first-order chi connectivity index (χ1) is 15.3. The van der Waals surface area contributed by atoms with Gasteiger partial charge in [-0.15, -0.1) is 0 Å². The van der Waals surface area contributed by atoms with E-state index in [1.165, 1.54) is 0 Å². The molecule has 1 fully saturated rings. The number of benzene rings is 1. The van der Waals surface area contributed by atoms with Gasteiger partial charge in [0.05, 0.1) is 15.5 Å². The predicted molar refractivity (Wildman–Crippen MR) is 97.2 cm³/mol. The number of aliphatic hydroxyl groups excluding tert-OH is 2. The topological polar surface area (TPSA) is 132 Å². The molecule has 0 amide bonds. The van der Waals surface area contributed by atoms with E-state index in [1.54, 1.807) is 0 Å². The van der Waals surface area contributed by atoms with Crippen LogP contribution < -0.4 is 10.2 Å². The molecule has 0 bridgehead atoms. The maximum atomic E-state index is 15.6. The predicted octanol–water partition coefficient (Wildman–Crippen LogP) is 1.83. The number of rotatable bonds is 4. The largest absolute Gasteiger partial charge is 0.530 e. The molecule has 0 saturated carbocycles. The van der Waals surface area contributed by atoms with Crippen molar-refractivity contribution >= 4 is 20.0 Å². The van der Waals surface area contributed by atoms with Crippen LogP contribution in [0.25, 0.3) is 0 Å². The van der Waals surface area contributed by atoms with Crippen molar-refractivity contribution in [3.05, 3.63) is 56.7 Å². The monoisotopic (exact) mass is 484 g/mol. The summed E-state index contributed by atoms with van der Waals surface area (Å²) in [7, 11) is -4.90. The van der Waals surface area contributed by atoms with Gasteiger partial charge in [0.25, 0.3) is 5.85 Å². The molecular weight excluding hydrogens is 468 g/mol. The molecule has 1 aromatic heterocycles. The van der Waals surface area contributed by atoms with Crippen molar-refractivity contribution in [2.45, 2.75) is 30.9 Å². The maximum Gasteiger partial charge on any atom is 0.530 e. The van der Waals surface area contributed by atoms with E-state index < -0.39 is 67.2 Å². The molecule has 2 aromatic rings. The van der Waals surface area contributed by atoms with Crippen molar-refractivity contribution in [3.63, 3.8) is 0 Å². The lowest BCUT2D eigenvalue weighted by Crippen LogP contribution is -2.43. The zero-order valence-electron chi connectivity index (χ0n) is 17.0. The van der Waals surface area contributed by atoms with E-state index in [0.717, 1.165) is 18.2 Å². The minimum atomic E-state index is -4.90. The van der Waals surface area contributed by atoms with Gasteiger partial charge in [-0.3, -0.25) is 18.6 Å². The third-order valence-electron chi connectivity index (χ3n) is 4.39. The third-order valence-corrected chi connectivity index (χ3v) is 5.87. The molecule has 1 aromatic carbocycles. The van der Waals surface area contributed by atoms with Gasteiger partial charge in [0, 0.05) is 5.56 Å². The fraction of sp³-hybridized carbons (Fsp3) is 0.375. The van der Waals surface area contributed by atoms with E-state index in [-0.39, 0.29) is 11.3 Å². The summed E-state index contributed by atoms with van der Waals surface area (Å²) in [5.41, 5.74) is -1.06. The number of halogens is 3. The lowest BCUT2D eigenvalue weighted by atomic mass is 10.1. The Hall–Kier alpha value is -2.06. The second-order valence-electron chi connectivity index (χ2n) is 6.49. The summed E-state index contributed by atoms with van der Waals surface area (Å²) in [4.78, 5) is 13.9. The summed E-state index contributed by atoms with van der Waals surface area (Å²) in [5, 5.41) is 20.4. The van der Waals surface area contributed by atoms with Crippen molar-refractivity contribution < 1.29 is 49.0 Å². The van der Waals surface area contributed by atoms with Crippen LogP contribution in [0, 0.1) is 16.3 Å². The molecule has 168 valence electrons. The van der Waals surface area contributed by atoms with Gasteiger partial charge in [0.2, 0.25) is 0 Å². The summed E-state index contributed by atoms with van der Waals surface area (Å²) in [6.45, 7) is -4.37. The summed E-state index contributed by atoms with van der Waals surface area (Å²) in [6.07, 6.45) is -6.72. The third kappa shape index (κ3) is 4.07. The number of nitrogens with zero attached hydrogens (tertiary/aromatic N) is 1. The van der Waals surface area contributed by atoms with Gasteiger partial charge < -0.3 is 19.5 Å². The minimum Gasteiger partial charge on any atom is -0.404 e. The molecule has 10 nitrogen and oxygen atoms in total. The van der Waals surface area contributed by atoms with Crippen LogP contribution in [-0.2, 0) is 25.0 Å². The molecule has 0 spiro atoms. The molecule has 4 rings (SSSR count). The fourth-order valence-electron chi connectivity index (χ4n) is 2.85. The zero-order valence-corrected chi connectivity index (χ0v) is 16.7. The number of H-pyrrole nitrogens is 1. The number of aliphatic hydroxyl groups is 2. The summed E-state index contributed by atoms with van der Waals surface area (Å²) in [6, 6.07) is 3.01. The van der Waals surface area contributed by atoms with E-state index in [4.69, 9.17) is 16.5 Å². The zero-order chi connectivity index (χ0) is 24.3. The van der Waals surface area contributed by atoms with Crippen molar-refractivity contribution in [1.82, 2.24) is 9.55 Å². The maximum absolute atomic E-state index is 15.6. The van der Waals surface area contributed by atoms with Crippen LogP contribution >= 0.6 is 20.0 Å². The smallest absolute Gasteiger partial charge is 0.404 e. The molecule has 0 aliphatic carbocycles. The van der Waals surface area contributed by atoms with Crippen LogP contribution in [0.4, 0.5) is 13.2 Å². The molecule has 5 atom stereocenters. The first-order valence-corrected chi connectivity index (χ1v) is 10.3. The van der Waals surface area contributed by atoms with Crippen LogP contribution in [0.2, 0.25) is 0 Å². The van der Waals surface area contributed by atoms with Gasteiger partial charge in [0.15, 0.2) is 12.0 Å². The fourth-order valence-corrected chi connectivity index (χ4v) is 4.09. The van der Waals surface area contributed by atoms with Gasteiger partial charge in [-0.25, -0.2) is 22.5 Å². The van der Waals surface area contributed by atoms with Crippen LogP contribution in [0.15, 0.2) is 29.2 Å². The van der Waals surface area contributed by atoms with E-state index in [1.807, 2.05) is 4.98 Å². The Labute approximate surface area is 179 Å². The van der Waals surface area contributed by atoms with E-state index in [2.05, 4.69) is 16.7 Å². The summed E-state index contributed by atoms with van der Waals surface area (Å²) < 4.78 is 90.1. The average Bonchev–Trinajstić information content (AvgIpc) is 2.96. The number of nitrogens with one attached hydrogen (secondary N) is 1. The Balaban J connectivity index is 1.63. The minimum absolute atomic E-state index is 0.107. The molecule has 0 radical (unpaired) electrons. The summed E-state index contributed by atoms with van der Waals surface area (Å²) >= 11 is 4.54. The Morgan fingerprint density at radius 1 is 1.45 bits per heavy atom. The molecule has 1 unspecified atom stereocenters. The first kappa shape index (κ1) is 19.6. The Morgan fingerprint density at radius 2 is 2.19 bits per heavy atom. The average molecular weight is 484 g/mol. The highest BCUT2D eigenvalue weighted by molar-refractivity contribution is 7.71. The number of hydrogen-bond acceptors (Lipinski definition) is 9. The number of aromatic amines is 1. The normalized spacial score (nSPS) is 33.9. The van der Waals surface area contributed by atoms with Crippen molar-refractivity contribution in [2.24, 2.45) is 0 Å². The highest BCUT2D eigenvalue weighted by Gasteiger charge is 2.57.